The summed E-state index contributed by atoms with van der Waals surface area (Å²) in [6.45, 7) is 1.34. The fraction of sp³-hybridized carbons (Fsp3) is 0.419. The van der Waals surface area contributed by atoms with E-state index in [2.05, 4.69) is 34.6 Å². The highest BCUT2D eigenvalue weighted by Crippen LogP contribution is 2.41. The third kappa shape index (κ3) is 5.66. The fourth-order valence-corrected chi connectivity index (χ4v) is 6.53. The first-order valence-corrected chi connectivity index (χ1v) is 14.7. The summed E-state index contributed by atoms with van der Waals surface area (Å²) in [4.78, 5) is 28.4. The molecule has 1 unspecified atom stereocenters. The maximum absolute atomic E-state index is 12.0. The van der Waals surface area contributed by atoms with E-state index in [-0.39, 0.29) is 18.4 Å². The number of aliphatic hydroxyl groups excluding tert-OH is 3. The lowest BCUT2D eigenvalue weighted by molar-refractivity contribution is -0.127. The van der Waals surface area contributed by atoms with Gasteiger partial charge >= 0.3 is 0 Å². The van der Waals surface area contributed by atoms with Gasteiger partial charge in [0.25, 0.3) is 0 Å². The van der Waals surface area contributed by atoms with Crippen molar-refractivity contribution in [1.29, 1.82) is 0 Å². The number of anilines is 2. The summed E-state index contributed by atoms with van der Waals surface area (Å²) < 4.78 is 1.73. The molecule has 4 aromatic rings. The molecule has 1 aliphatic carbocycles. The lowest BCUT2D eigenvalue weighted by atomic mass is 9.89. The third-order valence-corrected chi connectivity index (χ3v) is 8.93. The zero-order chi connectivity index (χ0) is 30.1. The molecular formula is C31H38N8O4. The Bertz CT molecular complexity index is 1510. The first-order valence-electron chi connectivity index (χ1n) is 14.7. The zero-order valence-corrected chi connectivity index (χ0v) is 23.8. The molecule has 226 valence electrons. The van der Waals surface area contributed by atoms with Crippen molar-refractivity contribution in [2.24, 2.45) is 23.3 Å². The molecule has 1 amide bonds. The molecule has 2 aromatic heterocycles. The number of imidazole rings is 1. The standard InChI is InChI=1S/C31H38N8O4/c32-20-11-12-38(15-20)31-36-29(34-14-22(18-7-3-1-4-8-18)19-9-5-2-6-10-19)25-30(37-31)39(17-35-25)24-13-21(26(41)27(24)42)23(16-40)28(33)43/h1-10,17,20-24,26-27,40-42H,11-16,32H2,(H2,33,43)(H,34,36,37)/t20-,21+,23?,24-,26-,27+/m1/s1. The van der Waals surface area contributed by atoms with Crippen LogP contribution in [0.4, 0.5) is 11.8 Å². The zero-order valence-electron chi connectivity index (χ0n) is 23.8. The molecule has 1 aliphatic heterocycles. The average molecular weight is 587 g/mol. The van der Waals surface area contributed by atoms with Gasteiger partial charge in [0.15, 0.2) is 17.0 Å². The number of carbonyl (C=O) groups is 1. The Hall–Kier alpha value is -4.10. The second kappa shape index (κ2) is 12.3. The van der Waals surface area contributed by atoms with Crippen molar-refractivity contribution in [2.45, 2.75) is 43.1 Å². The van der Waals surface area contributed by atoms with Gasteiger partial charge in [0.2, 0.25) is 11.9 Å². The number of nitrogens with zero attached hydrogens (tertiary/aromatic N) is 5. The van der Waals surface area contributed by atoms with Crippen molar-refractivity contribution in [3.63, 3.8) is 0 Å². The Kier molecular flexibility index (Phi) is 8.26. The topological polar surface area (TPSA) is 189 Å². The van der Waals surface area contributed by atoms with Crippen LogP contribution in [0.25, 0.3) is 11.2 Å². The van der Waals surface area contributed by atoms with E-state index in [1.54, 1.807) is 10.9 Å². The van der Waals surface area contributed by atoms with E-state index in [1.165, 1.54) is 0 Å². The molecule has 6 rings (SSSR count). The second-order valence-electron chi connectivity index (χ2n) is 11.6. The summed E-state index contributed by atoms with van der Waals surface area (Å²) >= 11 is 0. The average Bonchev–Trinajstić information content (AvgIpc) is 3.72. The Balaban J connectivity index is 1.37. The molecule has 2 aliphatic rings. The molecule has 43 heavy (non-hydrogen) atoms. The highest BCUT2D eigenvalue weighted by molar-refractivity contribution is 5.84. The molecule has 0 radical (unpaired) electrons. The van der Waals surface area contributed by atoms with Crippen LogP contribution in [0.2, 0.25) is 0 Å². The van der Waals surface area contributed by atoms with Gasteiger partial charge < -0.3 is 41.6 Å². The predicted molar refractivity (Wildman–Crippen MR) is 162 cm³/mol. The van der Waals surface area contributed by atoms with Gasteiger partial charge in [-0.2, -0.15) is 9.97 Å². The molecule has 6 atom stereocenters. The number of rotatable bonds is 10. The van der Waals surface area contributed by atoms with Crippen molar-refractivity contribution < 1.29 is 20.1 Å². The number of amides is 1. The lowest BCUT2D eigenvalue weighted by Gasteiger charge is -2.22. The maximum atomic E-state index is 12.0. The van der Waals surface area contributed by atoms with Crippen LogP contribution >= 0.6 is 0 Å². The highest BCUT2D eigenvalue weighted by Gasteiger charge is 2.47. The maximum Gasteiger partial charge on any atom is 0.229 e. The van der Waals surface area contributed by atoms with Gasteiger partial charge in [0, 0.05) is 37.5 Å². The van der Waals surface area contributed by atoms with Crippen molar-refractivity contribution in [2.75, 3.05) is 36.5 Å². The number of hydrogen-bond acceptors (Lipinski definition) is 10. The largest absolute Gasteiger partial charge is 0.396 e. The Morgan fingerprint density at radius 3 is 2.28 bits per heavy atom. The van der Waals surface area contributed by atoms with Crippen LogP contribution in [0.5, 0.6) is 0 Å². The van der Waals surface area contributed by atoms with Crippen LogP contribution in [-0.4, -0.2) is 85.2 Å². The number of hydrogen-bond donors (Lipinski definition) is 6. The van der Waals surface area contributed by atoms with Crippen molar-refractivity contribution in [3.8, 4) is 0 Å². The number of carbonyl (C=O) groups excluding carboxylic acids is 1. The van der Waals surface area contributed by atoms with E-state index >= 15 is 0 Å². The highest BCUT2D eigenvalue weighted by atomic mass is 16.3. The number of nitrogens with one attached hydrogen (secondary N) is 1. The number of fused-ring (bicyclic) bond motifs is 1. The first kappa shape index (κ1) is 29.0. The van der Waals surface area contributed by atoms with Crippen LogP contribution in [0, 0.1) is 11.8 Å². The van der Waals surface area contributed by atoms with Crippen LogP contribution < -0.4 is 21.7 Å². The van der Waals surface area contributed by atoms with E-state index in [0.29, 0.717) is 42.6 Å². The van der Waals surface area contributed by atoms with Gasteiger partial charge in [0.05, 0.1) is 31.0 Å². The normalized spacial score (nSPS) is 24.6. The first-order chi connectivity index (χ1) is 20.9. The molecule has 12 nitrogen and oxygen atoms in total. The molecule has 0 spiro atoms. The predicted octanol–water partition coefficient (Wildman–Crippen LogP) is 0.984. The van der Waals surface area contributed by atoms with Crippen LogP contribution in [-0.2, 0) is 4.79 Å². The van der Waals surface area contributed by atoms with Gasteiger partial charge in [-0.15, -0.1) is 0 Å². The number of primary amides is 1. The van der Waals surface area contributed by atoms with E-state index in [4.69, 9.17) is 21.4 Å². The summed E-state index contributed by atoms with van der Waals surface area (Å²) in [6, 6.07) is 19.9. The minimum Gasteiger partial charge on any atom is -0.396 e. The van der Waals surface area contributed by atoms with Crippen molar-refractivity contribution >= 4 is 28.8 Å². The summed E-state index contributed by atoms with van der Waals surface area (Å²) in [6.07, 6.45) is 0.143. The molecule has 2 aromatic carbocycles. The van der Waals surface area contributed by atoms with E-state index in [9.17, 15) is 20.1 Å². The monoisotopic (exact) mass is 586 g/mol. The Labute approximate surface area is 249 Å². The smallest absolute Gasteiger partial charge is 0.229 e. The molecule has 3 heterocycles. The van der Waals surface area contributed by atoms with Gasteiger partial charge in [-0.25, -0.2) is 4.98 Å². The number of aliphatic hydroxyl groups is 3. The minimum atomic E-state index is -1.25. The third-order valence-electron chi connectivity index (χ3n) is 8.93. The summed E-state index contributed by atoms with van der Waals surface area (Å²) in [7, 11) is 0. The van der Waals surface area contributed by atoms with Crippen LogP contribution in [0.3, 0.4) is 0 Å². The van der Waals surface area contributed by atoms with Crippen molar-refractivity contribution in [3.05, 3.63) is 78.1 Å². The minimum absolute atomic E-state index is 0.0120. The SMILES string of the molecule is NC(=O)C(CO)[C@@H]1C[C@@H](n2cnc3c(NCC(c4ccccc4)c4ccccc4)nc(N4CC[C@@H](N)C4)nc32)[C@H](O)[C@@H]1O. The second-order valence-corrected chi connectivity index (χ2v) is 11.6. The summed E-state index contributed by atoms with van der Waals surface area (Å²) in [5.41, 5.74) is 15.0. The van der Waals surface area contributed by atoms with E-state index in [1.807, 2.05) is 41.3 Å². The van der Waals surface area contributed by atoms with Crippen molar-refractivity contribution in [1.82, 2.24) is 19.5 Å². The van der Waals surface area contributed by atoms with Gasteiger partial charge in [-0.3, -0.25) is 4.79 Å². The fourth-order valence-electron chi connectivity index (χ4n) is 6.53. The van der Waals surface area contributed by atoms with Gasteiger partial charge in [-0.1, -0.05) is 60.7 Å². The van der Waals surface area contributed by atoms with E-state index in [0.717, 1.165) is 17.5 Å². The number of aromatic nitrogens is 4. The molecule has 8 N–H and O–H groups in total. The Morgan fingerprint density at radius 2 is 1.70 bits per heavy atom. The van der Waals surface area contributed by atoms with Gasteiger partial charge in [0.1, 0.15) is 6.10 Å². The quantitative estimate of drug-likeness (QED) is 0.156. The van der Waals surface area contributed by atoms with E-state index < -0.39 is 42.6 Å². The molecule has 1 saturated heterocycles. The van der Waals surface area contributed by atoms with Gasteiger partial charge in [-0.05, 0) is 24.0 Å². The molecule has 2 fully saturated rings. The van der Waals surface area contributed by atoms with Crippen LogP contribution in [0.15, 0.2) is 67.0 Å². The summed E-state index contributed by atoms with van der Waals surface area (Å²) in [5.74, 6) is -1.34. The number of nitrogens with two attached hydrogens (primary N) is 2. The van der Waals surface area contributed by atoms with Crippen LogP contribution in [0.1, 0.15) is 35.9 Å². The Morgan fingerprint density at radius 1 is 1.02 bits per heavy atom. The molecule has 1 saturated carbocycles. The number of benzene rings is 2. The molecule has 0 bridgehead atoms. The molecule has 12 heteroatoms. The molecular weight excluding hydrogens is 548 g/mol. The summed E-state index contributed by atoms with van der Waals surface area (Å²) in [5, 5.41) is 35.3. The lowest BCUT2D eigenvalue weighted by Crippen LogP contribution is -2.39.